The Labute approximate surface area is 165 Å². The van der Waals surface area contributed by atoms with E-state index in [1.165, 1.54) is 11.1 Å². The average Bonchev–Trinajstić information content (AvgIpc) is 3.00. The fraction of sp³-hybridized carbons (Fsp3) is 0.261. The molecule has 1 aliphatic rings. The molecular weight excluding hydrogens is 348 g/mol. The molecule has 5 heteroatoms. The Hall–Kier alpha value is -3.21. The molecule has 0 saturated carbocycles. The molecule has 2 heterocycles. The maximum atomic E-state index is 12.8. The predicted octanol–water partition coefficient (Wildman–Crippen LogP) is 4.74. The molecule has 3 aromatic rings. The number of rotatable bonds is 3. The fourth-order valence-electron chi connectivity index (χ4n) is 3.72. The first-order chi connectivity index (χ1) is 13.4. The van der Waals surface area contributed by atoms with Crippen LogP contribution in [0.4, 0.5) is 17.2 Å². The Bertz CT molecular complexity index is 1060. The standard InChI is InChI=1S/C23H24N4O/c1-14-9-10-19(11-15(14)2)26-23(28)20-13-22(25-17(4)24-20)27-16(3)12-18-7-5-6-8-21(18)27/h5-11,13,16H,12H2,1-4H3,(H,26,28). The van der Waals surface area contributed by atoms with Gasteiger partial charge in [-0.05, 0) is 69.0 Å². The van der Waals surface area contributed by atoms with E-state index < -0.39 is 0 Å². The highest BCUT2D eigenvalue weighted by molar-refractivity contribution is 6.03. The molecule has 1 N–H and O–H groups in total. The van der Waals surface area contributed by atoms with E-state index in [9.17, 15) is 4.79 Å². The van der Waals surface area contributed by atoms with E-state index in [0.717, 1.165) is 29.2 Å². The van der Waals surface area contributed by atoms with Crippen molar-refractivity contribution in [3.63, 3.8) is 0 Å². The second kappa shape index (κ2) is 7.08. The third kappa shape index (κ3) is 3.36. The summed E-state index contributed by atoms with van der Waals surface area (Å²) >= 11 is 0. The van der Waals surface area contributed by atoms with Gasteiger partial charge in [-0.15, -0.1) is 0 Å². The molecule has 1 aromatic heterocycles. The van der Waals surface area contributed by atoms with Crippen LogP contribution >= 0.6 is 0 Å². The van der Waals surface area contributed by atoms with Crippen molar-refractivity contribution in [1.82, 2.24) is 9.97 Å². The van der Waals surface area contributed by atoms with Crippen molar-refractivity contribution < 1.29 is 4.79 Å². The molecule has 1 atom stereocenters. The summed E-state index contributed by atoms with van der Waals surface area (Å²) in [5.74, 6) is 1.12. The minimum Gasteiger partial charge on any atom is -0.323 e. The molecule has 28 heavy (non-hydrogen) atoms. The van der Waals surface area contributed by atoms with Gasteiger partial charge in [0.25, 0.3) is 5.91 Å². The zero-order valence-corrected chi connectivity index (χ0v) is 16.7. The average molecular weight is 372 g/mol. The van der Waals surface area contributed by atoms with Crippen LogP contribution in [0.1, 0.15) is 39.9 Å². The summed E-state index contributed by atoms with van der Waals surface area (Å²) in [4.78, 5) is 24.0. The molecule has 0 saturated heterocycles. The maximum absolute atomic E-state index is 12.8. The number of fused-ring (bicyclic) bond motifs is 1. The minimum absolute atomic E-state index is 0.227. The van der Waals surface area contributed by atoms with Gasteiger partial charge in [-0.2, -0.15) is 0 Å². The summed E-state index contributed by atoms with van der Waals surface area (Å²) in [5.41, 5.74) is 5.92. The summed E-state index contributed by atoms with van der Waals surface area (Å²) in [6.07, 6.45) is 0.962. The first kappa shape index (κ1) is 18.2. The Morgan fingerprint density at radius 1 is 1.04 bits per heavy atom. The van der Waals surface area contributed by atoms with E-state index in [1.54, 1.807) is 6.07 Å². The number of carbonyl (C=O) groups excluding carboxylic acids is 1. The molecule has 4 rings (SSSR count). The van der Waals surface area contributed by atoms with Crippen LogP contribution in [0.15, 0.2) is 48.5 Å². The molecule has 1 amide bonds. The summed E-state index contributed by atoms with van der Waals surface area (Å²) in [6.45, 7) is 8.08. The number of nitrogens with one attached hydrogen (secondary N) is 1. The number of nitrogens with zero attached hydrogens (tertiary/aromatic N) is 3. The summed E-state index contributed by atoms with van der Waals surface area (Å²) in [6, 6.07) is 16.3. The van der Waals surface area contributed by atoms with Gasteiger partial charge in [0.2, 0.25) is 0 Å². The minimum atomic E-state index is -0.227. The molecule has 0 aliphatic carbocycles. The highest BCUT2D eigenvalue weighted by atomic mass is 16.1. The van der Waals surface area contributed by atoms with Gasteiger partial charge in [-0.1, -0.05) is 24.3 Å². The monoisotopic (exact) mass is 372 g/mol. The van der Waals surface area contributed by atoms with Crippen molar-refractivity contribution in [3.05, 3.63) is 76.7 Å². The number of para-hydroxylation sites is 1. The van der Waals surface area contributed by atoms with Crippen molar-refractivity contribution in [2.24, 2.45) is 0 Å². The van der Waals surface area contributed by atoms with Crippen molar-refractivity contribution in [2.75, 3.05) is 10.2 Å². The van der Waals surface area contributed by atoms with Crippen LogP contribution in [-0.4, -0.2) is 21.9 Å². The summed E-state index contributed by atoms with van der Waals surface area (Å²) in [5, 5.41) is 2.95. The first-order valence-electron chi connectivity index (χ1n) is 9.54. The fourth-order valence-corrected chi connectivity index (χ4v) is 3.72. The Morgan fingerprint density at radius 2 is 1.82 bits per heavy atom. The number of aryl methyl sites for hydroxylation is 3. The number of amides is 1. The van der Waals surface area contributed by atoms with Gasteiger partial charge in [0.05, 0.1) is 0 Å². The van der Waals surface area contributed by atoms with Gasteiger partial charge >= 0.3 is 0 Å². The Morgan fingerprint density at radius 3 is 2.61 bits per heavy atom. The molecular formula is C23H24N4O. The second-order valence-electron chi connectivity index (χ2n) is 7.46. The highest BCUT2D eigenvalue weighted by Crippen LogP contribution is 2.37. The van der Waals surface area contributed by atoms with Crippen LogP contribution in [-0.2, 0) is 6.42 Å². The van der Waals surface area contributed by atoms with Gasteiger partial charge in [0, 0.05) is 23.5 Å². The lowest BCUT2D eigenvalue weighted by Gasteiger charge is -2.24. The molecule has 1 unspecified atom stereocenters. The SMILES string of the molecule is Cc1nc(C(=O)Nc2ccc(C)c(C)c2)cc(N2c3ccccc3CC2C)n1. The zero-order chi connectivity index (χ0) is 19.8. The van der Waals surface area contributed by atoms with Gasteiger partial charge in [0.15, 0.2) is 0 Å². The van der Waals surface area contributed by atoms with Crippen LogP contribution in [0, 0.1) is 20.8 Å². The number of hydrogen-bond donors (Lipinski definition) is 1. The van der Waals surface area contributed by atoms with Crippen molar-refractivity contribution in [2.45, 2.75) is 40.2 Å². The largest absolute Gasteiger partial charge is 0.323 e. The molecule has 2 aromatic carbocycles. The molecule has 0 radical (unpaired) electrons. The van der Waals surface area contributed by atoms with Crippen molar-refractivity contribution in [1.29, 1.82) is 0 Å². The van der Waals surface area contributed by atoms with E-state index in [4.69, 9.17) is 0 Å². The first-order valence-corrected chi connectivity index (χ1v) is 9.54. The zero-order valence-electron chi connectivity index (χ0n) is 16.7. The number of hydrogen-bond acceptors (Lipinski definition) is 4. The van der Waals surface area contributed by atoms with Gasteiger partial charge in [0.1, 0.15) is 17.3 Å². The van der Waals surface area contributed by atoms with Crippen molar-refractivity contribution in [3.8, 4) is 0 Å². The molecule has 142 valence electrons. The van der Waals surface area contributed by atoms with Crippen molar-refractivity contribution >= 4 is 23.1 Å². The van der Waals surface area contributed by atoms with E-state index in [-0.39, 0.29) is 11.9 Å². The highest BCUT2D eigenvalue weighted by Gasteiger charge is 2.28. The normalized spacial score (nSPS) is 15.4. The Kier molecular flexibility index (Phi) is 4.59. The quantitative estimate of drug-likeness (QED) is 0.722. The lowest BCUT2D eigenvalue weighted by Crippen LogP contribution is -2.26. The third-order valence-electron chi connectivity index (χ3n) is 5.28. The predicted molar refractivity (Wildman–Crippen MR) is 112 cm³/mol. The number of benzene rings is 2. The van der Waals surface area contributed by atoms with E-state index in [0.29, 0.717) is 11.5 Å². The molecule has 0 spiro atoms. The van der Waals surface area contributed by atoms with Crippen LogP contribution in [0.25, 0.3) is 0 Å². The smallest absolute Gasteiger partial charge is 0.274 e. The number of aromatic nitrogens is 2. The lowest BCUT2D eigenvalue weighted by atomic mass is 10.1. The summed E-state index contributed by atoms with van der Waals surface area (Å²) < 4.78 is 0. The summed E-state index contributed by atoms with van der Waals surface area (Å²) in [7, 11) is 0. The molecule has 0 fully saturated rings. The molecule has 0 bridgehead atoms. The van der Waals surface area contributed by atoms with Gasteiger partial charge < -0.3 is 10.2 Å². The molecule has 1 aliphatic heterocycles. The lowest BCUT2D eigenvalue weighted by molar-refractivity contribution is 0.102. The van der Waals surface area contributed by atoms with Crippen LogP contribution in [0.3, 0.4) is 0 Å². The van der Waals surface area contributed by atoms with Crippen LogP contribution < -0.4 is 10.2 Å². The van der Waals surface area contributed by atoms with Crippen LogP contribution in [0.2, 0.25) is 0 Å². The van der Waals surface area contributed by atoms with Gasteiger partial charge in [-0.3, -0.25) is 4.79 Å². The third-order valence-corrected chi connectivity index (χ3v) is 5.28. The molecule has 5 nitrogen and oxygen atoms in total. The number of anilines is 3. The topological polar surface area (TPSA) is 58.1 Å². The Balaban J connectivity index is 1.66. The maximum Gasteiger partial charge on any atom is 0.274 e. The van der Waals surface area contributed by atoms with E-state index >= 15 is 0 Å². The van der Waals surface area contributed by atoms with E-state index in [2.05, 4.69) is 52.2 Å². The second-order valence-corrected chi connectivity index (χ2v) is 7.46. The number of carbonyl (C=O) groups is 1. The van der Waals surface area contributed by atoms with Crippen LogP contribution in [0.5, 0.6) is 0 Å². The van der Waals surface area contributed by atoms with Gasteiger partial charge in [-0.25, -0.2) is 9.97 Å². The van der Waals surface area contributed by atoms with E-state index in [1.807, 2.05) is 38.1 Å².